The molecule has 0 saturated carbocycles. The van der Waals surface area contributed by atoms with Crippen molar-refractivity contribution >= 4 is 38.3 Å². The summed E-state index contributed by atoms with van der Waals surface area (Å²) in [6.45, 7) is 3.70. The van der Waals surface area contributed by atoms with E-state index in [-0.39, 0.29) is 10.6 Å². The maximum Gasteiger partial charge on any atom is 0.313 e. The van der Waals surface area contributed by atoms with Crippen LogP contribution in [0.4, 0.5) is 16.6 Å². The lowest BCUT2D eigenvalue weighted by atomic mass is 10.1. The Morgan fingerprint density at radius 2 is 1.65 bits per heavy atom. The molecule has 2 fully saturated rings. The molecule has 0 N–H and O–H groups in total. The van der Waals surface area contributed by atoms with Crippen molar-refractivity contribution in [2.45, 2.75) is 32.1 Å². The maximum atomic E-state index is 11.4. The number of hydrogen-bond acceptors (Lipinski definition) is 7. The lowest BCUT2D eigenvalue weighted by Gasteiger charge is -2.25. The normalized spacial score (nSPS) is 18.8. The zero-order chi connectivity index (χ0) is 15.8. The summed E-state index contributed by atoms with van der Waals surface area (Å²) in [5.74, 6) is 0.482. The second kappa shape index (κ2) is 5.92. The molecular weight excluding hydrogens is 314 g/mol. The highest BCUT2D eigenvalue weighted by molar-refractivity contribution is 7.22. The summed E-state index contributed by atoms with van der Waals surface area (Å²) in [7, 11) is 0. The number of piperidine rings is 1. The fraction of sp³-hybridized carbons (Fsp3) is 0.600. The van der Waals surface area contributed by atoms with Gasteiger partial charge in [-0.1, -0.05) is 11.3 Å². The van der Waals surface area contributed by atoms with Crippen LogP contribution in [0.3, 0.4) is 0 Å². The van der Waals surface area contributed by atoms with Crippen molar-refractivity contribution in [3.05, 3.63) is 16.2 Å². The quantitative estimate of drug-likeness (QED) is 0.634. The topological polar surface area (TPSA) is 75.4 Å². The molecule has 2 aliphatic rings. The molecule has 2 aromatic heterocycles. The molecule has 4 heterocycles. The summed E-state index contributed by atoms with van der Waals surface area (Å²) in [5, 5.41) is 12.4. The van der Waals surface area contributed by atoms with Crippen molar-refractivity contribution in [2.24, 2.45) is 0 Å². The van der Waals surface area contributed by atoms with Gasteiger partial charge in [-0.15, -0.1) is 0 Å². The Morgan fingerprint density at radius 1 is 1.00 bits per heavy atom. The van der Waals surface area contributed by atoms with Crippen LogP contribution in [0.2, 0.25) is 0 Å². The zero-order valence-corrected chi connectivity index (χ0v) is 13.7. The van der Waals surface area contributed by atoms with Crippen LogP contribution in [0.5, 0.6) is 0 Å². The molecule has 0 aliphatic carbocycles. The van der Waals surface area contributed by atoms with Crippen LogP contribution < -0.4 is 9.80 Å². The van der Waals surface area contributed by atoms with E-state index in [1.807, 2.05) is 4.90 Å². The van der Waals surface area contributed by atoms with Gasteiger partial charge in [0.1, 0.15) is 0 Å². The van der Waals surface area contributed by atoms with E-state index in [2.05, 4.69) is 14.9 Å². The summed E-state index contributed by atoms with van der Waals surface area (Å²) in [4.78, 5) is 24.6. The first kappa shape index (κ1) is 14.6. The van der Waals surface area contributed by atoms with Crippen LogP contribution >= 0.6 is 11.3 Å². The second-order valence-corrected chi connectivity index (χ2v) is 7.16. The van der Waals surface area contributed by atoms with Crippen molar-refractivity contribution in [3.8, 4) is 0 Å². The van der Waals surface area contributed by atoms with Gasteiger partial charge in [-0.05, 0) is 32.1 Å². The molecule has 0 radical (unpaired) electrons. The number of nitro groups is 1. The Morgan fingerprint density at radius 3 is 2.35 bits per heavy atom. The molecule has 7 nitrogen and oxygen atoms in total. The third-order valence-electron chi connectivity index (χ3n) is 4.56. The van der Waals surface area contributed by atoms with E-state index in [9.17, 15) is 10.1 Å². The highest BCUT2D eigenvalue weighted by Gasteiger charge is 2.26. The summed E-state index contributed by atoms with van der Waals surface area (Å²) in [5.41, 5.74) is 0.747. The van der Waals surface area contributed by atoms with E-state index in [0.717, 1.165) is 48.9 Å². The predicted molar refractivity (Wildman–Crippen MR) is 91.6 cm³/mol. The summed E-state index contributed by atoms with van der Waals surface area (Å²) < 4.78 is 0.806. The van der Waals surface area contributed by atoms with Crippen molar-refractivity contribution in [3.63, 3.8) is 0 Å². The Hall–Kier alpha value is -1.96. The average molecular weight is 333 g/mol. The Labute approximate surface area is 138 Å². The largest absolute Gasteiger partial charge is 0.351 e. The molecule has 23 heavy (non-hydrogen) atoms. The molecule has 0 atom stereocenters. The molecule has 122 valence electrons. The van der Waals surface area contributed by atoms with Gasteiger partial charge < -0.3 is 9.80 Å². The van der Waals surface area contributed by atoms with E-state index in [4.69, 9.17) is 0 Å². The fourth-order valence-electron chi connectivity index (χ4n) is 3.35. The van der Waals surface area contributed by atoms with Gasteiger partial charge in [0.25, 0.3) is 0 Å². The fourth-order valence-corrected chi connectivity index (χ4v) is 4.34. The van der Waals surface area contributed by atoms with E-state index in [0.29, 0.717) is 11.5 Å². The molecular formula is C15H19N5O2S. The van der Waals surface area contributed by atoms with Crippen LogP contribution in [-0.2, 0) is 0 Å². The first-order valence-corrected chi connectivity index (χ1v) is 9.00. The van der Waals surface area contributed by atoms with Gasteiger partial charge in [0.15, 0.2) is 10.8 Å². The van der Waals surface area contributed by atoms with Crippen LogP contribution in [0, 0.1) is 10.1 Å². The van der Waals surface area contributed by atoms with E-state index in [1.54, 1.807) is 6.07 Å². The first-order chi connectivity index (χ1) is 11.2. The number of aromatic nitrogens is 2. The smallest absolute Gasteiger partial charge is 0.313 e. The second-order valence-electron chi connectivity index (χ2n) is 6.15. The third kappa shape index (κ3) is 2.71. The van der Waals surface area contributed by atoms with Gasteiger partial charge >= 0.3 is 5.69 Å². The molecule has 2 saturated heterocycles. The minimum absolute atomic E-state index is 0.105. The zero-order valence-electron chi connectivity index (χ0n) is 12.9. The number of pyridine rings is 1. The highest BCUT2D eigenvalue weighted by Crippen LogP contribution is 2.36. The van der Waals surface area contributed by atoms with Gasteiger partial charge in [-0.2, -0.15) is 4.98 Å². The number of nitrogens with zero attached hydrogens (tertiary/aromatic N) is 5. The van der Waals surface area contributed by atoms with Gasteiger partial charge in [0.05, 0.1) is 9.62 Å². The van der Waals surface area contributed by atoms with Crippen molar-refractivity contribution in [1.82, 2.24) is 9.97 Å². The molecule has 0 unspecified atom stereocenters. The van der Waals surface area contributed by atoms with Crippen LogP contribution in [-0.4, -0.2) is 41.1 Å². The monoisotopic (exact) mass is 333 g/mol. The SMILES string of the molecule is O=[N+]([O-])c1cc2sc(N3CCCCC3)nc2nc1N1CCCC1. The molecule has 4 rings (SSSR count). The molecule has 2 aliphatic heterocycles. The van der Waals surface area contributed by atoms with Crippen molar-refractivity contribution in [1.29, 1.82) is 0 Å². The van der Waals surface area contributed by atoms with E-state index < -0.39 is 0 Å². The Bertz CT molecular complexity index is 735. The lowest BCUT2D eigenvalue weighted by Crippen LogP contribution is -2.29. The summed E-state index contributed by atoms with van der Waals surface area (Å²) in [6.07, 6.45) is 5.76. The summed E-state index contributed by atoms with van der Waals surface area (Å²) >= 11 is 1.52. The number of rotatable bonds is 3. The molecule has 0 bridgehead atoms. The van der Waals surface area contributed by atoms with Gasteiger partial charge in [0, 0.05) is 32.2 Å². The lowest BCUT2D eigenvalue weighted by molar-refractivity contribution is -0.384. The van der Waals surface area contributed by atoms with Gasteiger partial charge in [-0.25, -0.2) is 4.98 Å². The maximum absolute atomic E-state index is 11.4. The average Bonchev–Trinajstić information content (AvgIpc) is 3.23. The van der Waals surface area contributed by atoms with Gasteiger partial charge in [-0.3, -0.25) is 10.1 Å². The molecule has 0 amide bonds. The number of anilines is 2. The van der Waals surface area contributed by atoms with Crippen molar-refractivity contribution < 1.29 is 4.92 Å². The minimum atomic E-state index is -0.319. The Balaban J connectivity index is 1.76. The molecule has 8 heteroatoms. The molecule has 0 spiro atoms. The standard InChI is InChI=1S/C15H19N5O2S/c21-20(22)11-10-12-13(16-14(11)18-6-4-5-7-18)17-15(23-12)19-8-2-1-3-9-19/h10H,1-9H2. The number of fused-ring (bicyclic) bond motifs is 1. The van der Waals surface area contributed by atoms with E-state index >= 15 is 0 Å². The Kier molecular flexibility index (Phi) is 3.76. The molecule has 2 aromatic rings. The van der Waals surface area contributed by atoms with Crippen LogP contribution in [0.1, 0.15) is 32.1 Å². The summed E-state index contributed by atoms with van der Waals surface area (Å²) in [6, 6.07) is 1.65. The van der Waals surface area contributed by atoms with E-state index in [1.165, 1.54) is 30.6 Å². The third-order valence-corrected chi connectivity index (χ3v) is 5.61. The minimum Gasteiger partial charge on any atom is -0.351 e. The molecule has 0 aromatic carbocycles. The first-order valence-electron chi connectivity index (χ1n) is 8.18. The van der Waals surface area contributed by atoms with Crippen LogP contribution in [0.25, 0.3) is 10.3 Å². The van der Waals surface area contributed by atoms with Gasteiger partial charge in [0.2, 0.25) is 5.82 Å². The highest BCUT2D eigenvalue weighted by atomic mass is 32.1. The number of hydrogen-bond donors (Lipinski definition) is 0. The van der Waals surface area contributed by atoms with Crippen LogP contribution in [0.15, 0.2) is 6.07 Å². The predicted octanol–water partition coefficient (Wildman–Crippen LogP) is 3.19. The number of thiazole rings is 1. The van der Waals surface area contributed by atoms with Crippen molar-refractivity contribution in [2.75, 3.05) is 36.0 Å².